The molecule has 1 saturated carbocycles. The first-order valence-electron chi connectivity index (χ1n) is 9.94. The molecule has 1 unspecified atom stereocenters. The van der Waals surface area contributed by atoms with E-state index in [0.29, 0.717) is 30.8 Å². The molecule has 1 aliphatic carbocycles. The van der Waals surface area contributed by atoms with E-state index in [-0.39, 0.29) is 12.7 Å². The van der Waals surface area contributed by atoms with Gasteiger partial charge in [-0.3, -0.25) is 4.90 Å². The lowest BCUT2D eigenvalue weighted by atomic mass is 9.94. The third-order valence-electron chi connectivity index (χ3n) is 5.00. The number of rotatable bonds is 8. The maximum atomic E-state index is 9.86. The monoisotopic (exact) mass is 373 g/mol. The molecule has 1 aromatic heterocycles. The highest BCUT2D eigenvalue weighted by atomic mass is 16.5. The summed E-state index contributed by atoms with van der Waals surface area (Å²) in [5.41, 5.74) is 2.33. The Morgan fingerprint density at radius 3 is 2.56 bits per heavy atom. The van der Waals surface area contributed by atoms with Gasteiger partial charge in [-0.1, -0.05) is 30.5 Å². The van der Waals surface area contributed by atoms with Crippen LogP contribution in [0.4, 0.5) is 0 Å². The van der Waals surface area contributed by atoms with Crippen molar-refractivity contribution in [3.05, 3.63) is 41.0 Å². The molecule has 1 aromatic carbocycles. The maximum absolute atomic E-state index is 9.86. The zero-order valence-electron chi connectivity index (χ0n) is 16.6. The second-order valence-electron chi connectivity index (χ2n) is 7.79. The highest BCUT2D eigenvalue weighted by molar-refractivity contribution is 5.33. The molecular formula is C21H31N3O3. The van der Waals surface area contributed by atoms with Gasteiger partial charge in [0.1, 0.15) is 5.75 Å². The molecule has 1 fully saturated rings. The van der Waals surface area contributed by atoms with Crippen LogP contribution in [0, 0.1) is 13.8 Å². The van der Waals surface area contributed by atoms with E-state index in [1.807, 2.05) is 32.9 Å². The van der Waals surface area contributed by atoms with E-state index >= 15 is 0 Å². The quantitative estimate of drug-likeness (QED) is 0.759. The van der Waals surface area contributed by atoms with Gasteiger partial charge in [-0.05, 0) is 56.9 Å². The molecule has 1 heterocycles. The maximum Gasteiger partial charge on any atom is 0.240 e. The Kier molecular flexibility index (Phi) is 6.85. The number of benzene rings is 1. The number of aromatic nitrogens is 2. The van der Waals surface area contributed by atoms with Gasteiger partial charge in [0.25, 0.3) is 0 Å². The first-order valence-corrected chi connectivity index (χ1v) is 9.94. The Hall–Kier alpha value is -1.92. The van der Waals surface area contributed by atoms with Gasteiger partial charge in [-0.15, -0.1) is 0 Å². The molecule has 6 nitrogen and oxygen atoms in total. The van der Waals surface area contributed by atoms with Crippen molar-refractivity contribution < 1.29 is 14.4 Å². The van der Waals surface area contributed by atoms with E-state index in [9.17, 15) is 5.11 Å². The summed E-state index contributed by atoms with van der Waals surface area (Å²) >= 11 is 0. The van der Waals surface area contributed by atoms with Crippen molar-refractivity contribution in [1.29, 1.82) is 0 Å². The summed E-state index contributed by atoms with van der Waals surface area (Å²) in [6.07, 6.45) is 5.77. The molecule has 0 radical (unpaired) electrons. The highest BCUT2D eigenvalue weighted by Gasteiger charge is 2.24. The summed E-state index contributed by atoms with van der Waals surface area (Å²) in [6.45, 7) is 7.41. The molecule has 1 aliphatic rings. The van der Waals surface area contributed by atoms with Crippen LogP contribution in [-0.2, 0) is 13.2 Å². The molecule has 6 heteroatoms. The third kappa shape index (κ3) is 6.04. The average Bonchev–Trinajstić information content (AvgIpc) is 3.06. The number of aryl methyl sites for hydroxylation is 2. The van der Waals surface area contributed by atoms with Crippen LogP contribution in [0.25, 0.3) is 0 Å². The second kappa shape index (κ2) is 9.33. The standard InChI is InChI=1S/C21H31N3O3/c1-15-9-16(2)11-19(10-15)26-14-20-22-21(27-23-20)13-24(12-17(3)25)18-7-5-4-6-8-18/h9-11,17-18,25H,4-8,12-14H2,1-3H3. The Bertz CT molecular complexity index is 703. The minimum absolute atomic E-state index is 0.284. The van der Waals surface area contributed by atoms with Gasteiger partial charge in [0.05, 0.1) is 12.6 Å². The topological polar surface area (TPSA) is 71.6 Å². The van der Waals surface area contributed by atoms with Crippen molar-refractivity contribution in [2.45, 2.75) is 78.2 Å². The summed E-state index contributed by atoms with van der Waals surface area (Å²) in [7, 11) is 0. The third-order valence-corrected chi connectivity index (χ3v) is 5.00. The summed E-state index contributed by atoms with van der Waals surface area (Å²) in [4.78, 5) is 6.77. The number of nitrogens with zero attached hydrogens (tertiary/aromatic N) is 3. The van der Waals surface area contributed by atoms with Gasteiger partial charge in [0.15, 0.2) is 6.61 Å². The van der Waals surface area contributed by atoms with Crippen LogP contribution in [0.2, 0.25) is 0 Å². The van der Waals surface area contributed by atoms with Crippen molar-refractivity contribution in [3.8, 4) is 5.75 Å². The molecule has 3 rings (SSSR count). The van der Waals surface area contributed by atoms with Gasteiger partial charge in [0, 0.05) is 12.6 Å². The first kappa shape index (κ1) is 19.8. The molecule has 1 N–H and O–H groups in total. The minimum Gasteiger partial charge on any atom is -0.485 e. The van der Waals surface area contributed by atoms with Gasteiger partial charge in [-0.25, -0.2) is 0 Å². The van der Waals surface area contributed by atoms with Crippen molar-refractivity contribution in [3.63, 3.8) is 0 Å². The van der Waals surface area contributed by atoms with Crippen molar-refractivity contribution >= 4 is 0 Å². The molecule has 0 saturated heterocycles. The number of hydrogen-bond acceptors (Lipinski definition) is 6. The smallest absolute Gasteiger partial charge is 0.240 e. The fraction of sp³-hybridized carbons (Fsp3) is 0.619. The summed E-state index contributed by atoms with van der Waals surface area (Å²) < 4.78 is 11.3. The van der Waals surface area contributed by atoms with E-state index < -0.39 is 0 Å². The van der Waals surface area contributed by atoms with E-state index in [2.05, 4.69) is 21.1 Å². The summed E-state index contributed by atoms with van der Waals surface area (Å²) in [5, 5.41) is 13.9. The normalized spacial score (nSPS) is 16.6. The van der Waals surface area contributed by atoms with Crippen LogP contribution in [0.3, 0.4) is 0 Å². The largest absolute Gasteiger partial charge is 0.485 e. The van der Waals surface area contributed by atoms with E-state index in [1.165, 1.54) is 43.2 Å². The van der Waals surface area contributed by atoms with E-state index in [1.54, 1.807) is 0 Å². The van der Waals surface area contributed by atoms with Crippen LogP contribution in [-0.4, -0.2) is 38.8 Å². The van der Waals surface area contributed by atoms with Gasteiger partial charge in [-0.2, -0.15) is 4.98 Å². The first-order chi connectivity index (χ1) is 13.0. The minimum atomic E-state index is -0.373. The molecular weight excluding hydrogens is 342 g/mol. The lowest BCUT2D eigenvalue weighted by Gasteiger charge is -2.34. The molecule has 1 atom stereocenters. The second-order valence-corrected chi connectivity index (χ2v) is 7.79. The van der Waals surface area contributed by atoms with Crippen LogP contribution in [0.5, 0.6) is 5.75 Å². The van der Waals surface area contributed by atoms with Crippen molar-refractivity contribution in [2.75, 3.05) is 6.54 Å². The molecule has 27 heavy (non-hydrogen) atoms. The molecule has 0 bridgehead atoms. The van der Waals surface area contributed by atoms with Crippen LogP contribution < -0.4 is 4.74 Å². The lowest BCUT2D eigenvalue weighted by Crippen LogP contribution is -2.40. The predicted molar refractivity (Wildman–Crippen MR) is 104 cm³/mol. The fourth-order valence-corrected chi connectivity index (χ4v) is 3.88. The predicted octanol–water partition coefficient (Wildman–Crippen LogP) is 3.78. The van der Waals surface area contributed by atoms with Crippen LogP contribution in [0.15, 0.2) is 22.7 Å². The number of ether oxygens (including phenoxy) is 1. The van der Waals surface area contributed by atoms with Gasteiger partial charge < -0.3 is 14.4 Å². The molecule has 0 aliphatic heterocycles. The number of aliphatic hydroxyl groups excluding tert-OH is 1. The molecule has 148 valence electrons. The van der Waals surface area contributed by atoms with Crippen LogP contribution in [0.1, 0.15) is 61.9 Å². The average molecular weight is 373 g/mol. The summed E-state index contributed by atoms with van der Waals surface area (Å²) in [6, 6.07) is 6.60. The van der Waals surface area contributed by atoms with E-state index in [4.69, 9.17) is 9.26 Å². The highest BCUT2D eigenvalue weighted by Crippen LogP contribution is 2.24. The van der Waals surface area contributed by atoms with E-state index in [0.717, 1.165) is 5.75 Å². The number of aliphatic hydroxyl groups is 1. The lowest BCUT2D eigenvalue weighted by molar-refractivity contribution is 0.0688. The molecule has 0 amide bonds. The Morgan fingerprint density at radius 2 is 1.89 bits per heavy atom. The SMILES string of the molecule is Cc1cc(C)cc(OCc2noc(CN(CC(C)O)C3CCCCC3)n2)c1. The zero-order valence-corrected chi connectivity index (χ0v) is 16.6. The van der Waals surface area contributed by atoms with Gasteiger partial charge >= 0.3 is 0 Å². The Labute approximate surface area is 161 Å². The zero-order chi connectivity index (χ0) is 19.2. The fourth-order valence-electron chi connectivity index (χ4n) is 3.88. The molecule has 2 aromatic rings. The van der Waals surface area contributed by atoms with Gasteiger partial charge in [0.2, 0.25) is 11.7 Å². The van der Waals surface area contributed by atoms with Crippen molar-refractivity contribution in [1.82, 2.24) is 15.0 Å². The number of hydrogen-bond donors (Lipinski definition) is 1. The van der Waals surface area contributed by atoms with Crippen LogP contribution >= 0.6 is 0 Å². The Balaban J connectivity index is 1.59. The Morgan fingerprint density at radius 1 is 1.19 bits per heavy atom. The van der Waals surface area contributed by atoms with Crippen molar-refractivity contribution in [2.24, 2.45) is 0 Å². The summed E-state index contributed by atoms with van der Waals surface area (Å²) in [5.74, 6) is 1.95. The molecule has 0 spiro atoms.